The third kappa shape index (κ3) is 1.97. The summed E-state index contributed by atoms with van der Waals surface area (Å²) in [6.45, 7) is 0. The van der Waals surface area contributed by atoms with Gasteiger partial charge < -0.3 is 10.2 Å². The number of nitrogens with two attached hydrogens (primary N) is 1. The number of hydrogen-bond acceptors (Lipinski definition) is 4. The van der Waals surface area contributed by atoms with E-state index in [-0.39, 0.29) is 6.04 Å². The summed E-state index contributed by atoms with van der Waals surface area (Å²) in [6, 6.07) is 3.74. The normalized spacial score (nSPS) is 12.6. The minimum Gasteiger partial charge on any atom is -0.447 e. The van der Waals surface area contributed by atoms with Crippen LogP contribution in [0.1, 0.15) is 17.4 Å². The van der Waals surface area contributed by atoms with Crippen molar-refractivity contribution in [2.24, 2.45) is 5.73 Å². The first-order valence-corrected chi connectivity index (χ1v) is 4.39. The summed E-state index contributed by atoms with van der Waals surface area (Å²) in [4.78, 5) is 7.76. The van der Waals surface area contributed by atoms with Gasteiger partial charge in [-0.3, -0.25) is 4.98 Å². The molecule has 0 aliphatic rings. The SMILES string of the molecule is NC(Cc1ccncc1)c1cnco1. The molecule has 72 valence electrons. The van der Waals surface area contributed by atoms with Crippen LogP contribution in [0.4, 0.5) is 0 Å². The fraction of sp³-hybridized carbons (Fsp3) is 0.200. The molecule has 4 nitrogen and oxygen atoms in total. The van der Waals surface area contributed by atoms with Crippen LogP contribution < -0.4 is 5.73 Å². The van der Waals surface area contributed by atoms with Crippen molar-refractivity contribution in [1.29, 1.82) is 0 Å². The van der Waals surface area contributed by atoms with Gasteiger partial charge in [-0.1, -0.05) is 0 Å². The number of oxazole rings is 1. The maximum Gasteiger partial charge on any atom is 0.180 e. The Morgan fingerprint density at radius 3 is 2.71 bits per heavy atom. The van der Waals surface area contributed by atoms with Gasteiger partial charge in [-0.25, -0.2) is 4.98 Å². The summed E-state index contributed by atoms with van der Waals surface area (Å²) in [5, 5.41) is 0. The molecule has 1 atom stereocenters. The van der Waals surface area contributed by atoms with E-state index in [1.807, 2.05) is 12.1 Å². The van der Waals surface area contributed by atoms with Gasteiger partial charge >= 0.3 is 0 Å². The van der Waals surface area contributed by atoms with E-state index >= 15 is 0 Å². The summed E-state index contributed by atoms with van der Waals surface area (Å²) < 4.78 is 5.12. The van der Waals surface area contributed by atoms with Crippen molar-refractivity contribution in [3.8, 4) is 0 Å². The Labute approximate surface area is 81.8 Å². The molecule has 0 saturated heterocycles. The fourth-order valence-electron chi connectivity index (χ4n) is 1.28. The van der Waals surface area contributed by atoms with E-state index in [1.165, 1.54) is 6.39 Å². The van der Waals surface area contributed by atoms with E-state index in [4.69, 9.17) is 10.2 Å². The Hall–Kier alpha value is -1.68. The molecule has 0 aliphatic heterocycles. The monoisotopic (exact) mass is 189 g/mol. The Bertz CT molecular complexity index is 372. The molecule has 14 heavy (non-hydrogen) atoms. The molecule has 2 aromatic heterocycles. The topological polar surface area (TPSA) is 64.9 Å². The largest absolute Gasteiger partial charge is 0.447 e. The molecule has 2 N–H and O–H groups in total. The van der Waals surface area contributed by atoms with Gasteiger partial charge in [0, 0.05) is 12.4 Å². The van der Waals surface area contributed by atoms with E-state index in [0.29, 0.717) is 5.76 Å². The standard InChI is InChI=1S/C10H11N3O/c11-9(10-6-13-7-14-10)5-8-1-3-12-4-2-8/h1-4,6-7,9H,5,11H2. The predicted octanol–water partition coefficient (Wildman–Crippen LogP) is 1.31. The second-order valence-corrected chi connectivity index (χ2v) is 3.07. The fourth-order valence-corrected chi connectivity index (χ4v) is 1.28. The highest BCUT2D eigenvalue weighted by molar-refractivity contribution is 5.13. The lowest BCUT2D eigenvalue weighted by Crippen LogP contribution is -2.12. The number of aromatic nitrogens is 2. The van der Waals surface area contributed by atoms with Gasteiger partial charge in [0.05, 0.1) is 12.2 Å². The van der Waals surface area contributed by atoms with Gasteiger partial charge in [-0.15, -0.1) is 0 Å². The molecule has 0 aliphatic carbocycles. The van der Waals surface area contributed by atoms with Crippen LogP contribution in [0.25, 0.3) is 0 Å². The summed E-state index contributed by atoms with van der Waals surface area (Å²) in [6.07, 6.45) is 7.27. The average molecular weight is 189 g/mol. The highest BCUT2D eigenvalue weighted by atomic mass is 16.3. The lowest BCUT2D eigenvalue weighted by molar-refractivity contribution is 0.461. The second kappa shape index (κ2) is 4.02. The molecule has 1 unspecified atom stereocenters. The van der Waals surface area contributed by atoms with Crippen molar-refractivity contribution < 1.29 is 4.42 Å². The Morgan fingerprint density at radius 1 is 1.29 bits per heavy atom. The number of rotatable bonds is 3. The van der Waals surface area contributed by atoms with Crippen LogP contribution >= 0.6 is 0 Å². The lowest BCUT2D eigenvalue weighted by atomic mass is 10.1. The van der Waals surface area contributed by atoms with Gasteiger partial charge in [-0.05, 0) is 24.1 Å². The van der Waals surface area contributed by atoms with Gasteiger partial charge in [0.1, 0.15) is 5.76 Å². The van der Waals surface area contributed by atoms with Crippen molar-refractivity contribution in [3.63, 3.8) is 0 Å². The first kappa shape index (κ1) is 8.90. The third-order valence-electron chi connectivity index (χ3n) is 2.02. The van der Waals surface area contributed by atoms with Crippen molar-refractivity contribution in [1.82, 2.24) is 9.97 Å². The maximum atomic E-state index is 5.92. The summed E-state index contributed by atoms with van der Waals surface area (Å²) in [5.41, 5.74) is 7.06. The van der Waals surface area contributed by atoms with Crippen LogP contribution in [0.5, 0.6) is 0 Å². The van der Waals surface area contributed by atoms with E-state index in [1.54, 1.807) is 18.6 Å². The zero-order valence-corrected chi connectivity index (χ0v) is 7.63. The van der Waals surface area contributed by atoms with E-state index in [9.17, 15) is 0 Å². The summed E-state index contributed by atoms with van der Waals surface area (Å²) in [5.74, 6) is 0.710. The van der Waals surface area contributed by atoms with E-state index in [0.717, 1.165) is 12.0 Å². The quantitative estimate of drug-likeness (QED) is 0.790. The lowest BCUT2D eigenvalue weighted by Gasteiger charge is -2.07. The van der Waals surface area contributed by atoms with Crippen LogP contribution in [0.3, 0.4) is 0 Å². The zero-order valence-electron chi connectivity index (χ0n) is 7.63. The Balaban J connectivity index is 2.06. The number of nitrogens with zero attached hydrogens (tertiary/aromatic N) is 2. The first-order chi connectivity index (χ1) is 6.86. The van der Waals surface area contributed by atoms with Crippen LogP contribution in [-0.4, -0.2) is 9.97 Å². The van der Waals surface area contributed by atoms with Gasteiger partial charge in [0.15, 0.2) is 6.39 Å². The average Bonchev–Trinajstić information content (AvgIpc) is 2.72. The van der Waals surface area contributed by atoms with E-state index < -0.39 is 0 Å². The molecule has 0 saturated carbocycles. The molecule has 4 heteroatoms. The third-order valence-corrected chi connectivity index (χ3v) is 2.02. The Kier molecular flexibility index (Phi) is 2.55. The number of pyridine rings is 1. The molecule has 0 bridgehead atoms. The molecule has 0 spiro atoms. The first-order valence-electron chi connectivity index (χ1n) is 4.39. The van der Waals surface area contributed by atoms with Gasteiger partial charge in [-0.2, -0.15) is 0 Å². The summed E-state index contributed by atoms with van der Waals surface area (Å²) >= 11 is 0. The molecule has 0 radical (unpaired) electrons. The molecule has 2 rings (SSSR count). The van der Waals surface area contributed by atoms with Crippen LogP contribution in [-0.2, 0) is 6.42 Å². The molecular formula is C10H11N3O. The van der Waals surface area contributed by atoms with Crippen LogP contribution in [0.15, 0.2) is 41.5 Å². The molecule has 2 heterocycles. The van der Waals surface area contributed by atoms with E-state index in [2.05, 4.69) is 9.97 Å². The maximum absolute atomic E-state index is 5.92. The van der Waals surface area contributed by atoms with Crippen molar-refractivity contribution >= 4 is 0 Å². The molecular weight excluding hydrogens is 178 g/mol. The van der Waals surface area contributed by atoms with Crippen molar-refractivity contribution in [2.75, 3.05) is 0 Å². The minimum atomic E-state index is -0.139. The smallest absolute Gasteiger partial charge is 0.180 e. The molecule has 2 aromatic rings. The minimum absolute atomic E-state index is 0.139. The molecule has 0 aromatic carbocycles. The number of hydrogen-bond donors (Lipinski definition) is 1. The van der Waals surface area contributed by atoms with Gasteiger partial charge in [0.25, 0.3) is 0 Å². The predicted molar refractivity (Wildman–Crippen MR) is 51.4 cm³/mol. The van der Waals surface area contributed by atoms with Crippen LogP contribution in [0, 0.1) is 0 Å². The Morgan fingerprint density at radius 2 is 2.07 bits per heavy atom. The molecule has 0 amide bonds. The summed E-state index contributed by atoms with van der Waals surface area (Å²) in [7, 11) is 0. The second-order valence-electron chi connectivity index (χ2n) is 3.07. The highest BCUT2D eigenvalue weighted by Crippen LogP contribution is 2.14. The zero-order chi connectivity index (χ0) is 9.80. The highest BCUT2D eigenvalue weighted by Gasteiger charge is 2.09. The van der Waals surface area contributed by atoms with Crippen molar-refractivity contribution in [2.45, 2.75) is 12.5 Å². The van der Waals surface area contributed by atoms with Gasteiger partial charge in [0.2, 0.25) is 0 Å². The van der Waals surface area contributed by atoms with Crippen LogP contribution in [0.2, 0.25) is 0 Å². The van der Waals surface area contributed by atoms with Crippen molar-refractivity contribution in [3.05, 3.63) is 48.4 Å². The molecule has 0 fully saturated rings.